The Morgan fingerprint density at radius 1 is 1.00 bits per heavy atom. The fraction of sp³-hybridized carbons (Fsp3) is 0.412. The molecule has 0 saturated carbocycles. The molecule has 0 aliphatic carbocycles. The van der Waals surface area contributed by atoms with Gasteiger partial charge in [-0.2, -0.15) is 4.31 Å². The van der Waals surface area contributed by atoms with Crippen LogP contribution in [-0.4, -0.2) is 33.2 Å². The number of rotatable bonds is 5. The van der Waals surface area contributed by atoms with Crippen molar-refractivity contribution >= 4 is 53.0 Å². The Hall–Kier alpha value is -0.940. The zero-order valence-corrected chi connectivity index (χ0v) is 19.0. The summed E-state index contributed by atoms with van der Waals surface area (Å²) in [5.41, 5.74) is 0.318. The molecule has 1 N–H and O–H groups in total. The maximum absolute atomic E-state index is 13.0. The highest BCUT2D eigenvalue weighted by atomic mass is 79.9. The quantitative estimate of drug-likeness (QED) is 0.675. The van der Waals surface area contributed by atoms with Crippen molar-refractivity contribution in [3.8, 4) is 0 Å². The predicted molar refractivity (Wildman–Crippen MR) is 111 cm³/mol. The molecule has 1 saturated heterocycles. The van der Waals surface area contributed by atoms with Gasteiger partial charge in [-0.3, -0.25) is 4.72 Å². The molecule has 2 atom stereocenters. The number of sulfonamides is 2. The second kappa shape index (κ2) is 7.82. The van der Waals surface area contributed by atoms with Crippen molar-refractivity contribution in [3.63, 3.8) is 0 Å². The molecule has 0 radical (unpaired) electrons. The van der Waals surface area contributed by atoms with Crippen molar-refractivity contribution in [1.82, 2.24) is 4.31 Å². The average Bonchev–Trinajstić information content (AvgIpc) is 3.02. The van der Waals surface area contributed by atoms with Crippen molar-refractivity contribution in [2.24, 2.45) is 0 Å². The standard InChI is InChI=1S/C17H21BrN2O4S3/c1-12-4-3-5-13(2)20(12)27(23,24)15-8-6-14(7-9-15)19-26(21,22)17-11-10-16(18)25-17/h6-13,19H,3-5H2,1-2H3. The van der Waals surface area contributed by atoms with Crippen molar-refractivity contribution in [1.29, 1.82) is 0 Å². The van der Waals surface area contributed by atoms with Gasteiger partial charge < -0.3 is 0 Å². The van der Waals surface area contributed by atoms with Gasteiger partial charge in [0.05, 0.1) is 8.68 Å². The summed E-state index contributed by atoms with van der Waals surface area (Å²) in [6.45, 7) is 3.85. The van der Waals surface area contributed by atoms with E-state index in [1.165, 1.54) is 30.3 Å². The lowest BCUT2D eigenvalue weighted by molar-refractivity contribution is 0.204. The minimum Gasteiger partial charge on any atom is -0.279 e. The van der Waals surface area contributed by atoms with Crippen LogP contribution in [0.5, 0.6) is 0 Å². The molecular formula is C17H21BrN2O4S3. The highest BCUT2D eigenvalue weighted by Crippen LogP contribution is 2.31. The predicted octanol–water partition coefficient (Wildman–Crippen LogP) is 4.26. The average molecular weight is 493 g/mol. The first-order valence-corrected chi connectivity index (χ1v) is 13.1. The molecule has 1 aliphatic rings. The van der Waals surface area contributed by atoms with E-state index in [4.69, 9.17) is 0 Å². The molecule has 1 aliphatic heterocycles. The van der Waals surface area contributed by atoms with E-state index in [0.717, 1.165) is 30.6 Å². The van der Waals surface area contributed by atoms with Crippen LogP contribution in [0, 0.1) is 0 Å². The molecule has 10 heteroatoms. The molecule has 2 aromatic rings. The van der Waals surface area contributed by atoms with E-state index in [-0.39, 0.29) is 21.2 Å². The fourth-order valence-electron chi connectivity index (χ4n) is 3.34. The van der Waals surface area contributed by atoms with E-state index in [0.29, 0.717) is 9.47 Å². The second-order valence-electron chi connectivity index (χ2n) is 6.65. The first-order chi connectivity index (χ1) is 12.6. The van der Waals surface area contributed by atoms with Gasteiger partial charge in [-0.1, -0.05) is 6.42 Å². The number of nitrogens with zero attached hydrogens (tertiary/aromatic N) is 1. The monoisotopic (exact) mass is 492 g/mol. The summed E-state index contributed by atoms with van der Waals surface area (Å²) >= 11 is 4.35. The van der Waals surface area contributed by atoms with Gasteiger partial charge in [-0.15, -0.1) is 11.3 Å². The summed E-state index contributed by atoms with van der Waals surface area (Å²) in [7, 11) is -7.32. The Morgan fingerprint density at radius 3 is 2.11 bits per heavy atom. The van der Waals surface area contributed by atoms with Crippen LogP contribution in [0.1, 0.15) is 33.1 Å². The number of piperidine rings is 1. The van der Waals surface area contributed by atoms with Crippen LogP contribution >= 0.6 is 27.3 Å². The van der Waals surface area contributed by atoms with Gasteiger partial charge in [0.15, 0.2) is 0 Å². The molecule has 1 fully saturated rings. The van der Waals surface area contributed by atoms with E-state index in [2.05, 4.69) is 20.7 Å². The molecule has 2 heterocycles. The lowest BCUT2D eigenvalue weighted by atomic mass is 10.0. The molecule has 3 rings (SSSR count). The Labute approximate surface area is 172 Å². The number of benzene rings is 1. The molecule has 27 heavy (non-hydrogen) atoms. The van der Waals surface area contributed by atoms with Gasteiger partial charge in [0.25, 0.3) is 10.0 Å². The van der Waals surface area contributed by atoms with Gasteiger partial charge in [-0.05, 0) is 79.0 Å². The number of hydrogen-bond acceptors (Lipinski definition) is 5. The summed E-state index contributed by atoms with van der Waals surface area (Å²) in [6.07, 6.45) is 2.71. The third-order valence-corrected chi connectivity index (χ3v) is 10.2. The summed E-state index contributed by atoms with van der Waals surface area (Å²) in [5.74, 6) is 0. The molecule has 6 nitrogen and oxygen atoms in total. The van der Waals surface area contributed by atoms with Crippen LogP contribution in [0.2, 0.25) is 0 Å². The lowest BCUT2D eigenvalue weighted by Crippen LogP contribution is -2.47. The highest BCUT2D eigenvalue weighted by Gasteiger charge is 2.35. The van der Waals surface area contributed by atoms with Gasteiger partial charge in [0.1, 0.15) is 4.21 Å². The van der Waals surface area contributed by atoms with E-state index < -0.39 is 20.0 Å². The number of halogens is 1. The lowest BCUT2D eigenvalue weighted by Gasteiger charge is -2.37. The largest absolute Gasteiger partial charge is 0.279 e. The third-order valence-electron chi connectivity index (χ3n) is 4.61. The number of nitrogens with one attached hydrogen (secondary N) is 1. The Kier molecular flexibility index (Phi) is 6.02. The van der Waals surface area contributed by atoms with E-state index in [1.54, 1.807) is 10.4 Å². The number of hydrogen-bond donors (Lipinski definition) is 1. The van der Waals surface area contributed by atoms with Crippen molar-refractivity contribution in [2.45, 2.75) is 54.3 Å². The maximum atomic E-state index is 13.0. The summed E-state index contributed by atoms with van der Waals surface area (Å²) < 4.78 is 55.7. The molecule has 2 unspecified atom stereocenters. The van der Waals surface area contributed by atoms with Crippen LogP contribution < -0.4 is 4.72 Å². The molecule has 1 aromatic heterocycles. The number of thiophene rings is 1. The van der Waals surface area contributed by atoms with Gasteiger partial charge in [-0.25, -0.2) is 16.8 Å². The molecular weight excluding hydrogens is 472 g/mol. The van der Waals surface area contributed by atoms with Crippen LogP contribution in [0.4, 0.5) is 5.69 Å². The van der Waals surface area contributed by atoms with Crippen LogP contribution in [0.15, 0.2) is 49.3 Å². The zero-order valence-electron chi connectivity index (χ0n) is 14.9. The smallest absolute Gasteiger partial charge is 0.271 e. The summed E-state index contributed by atoms with van der Waals surface area (Å²) in [4.78, 5) is 0.171. The van der Waals surface area contributed by atoms with Crippen LogP contribution in [0.25, 0.3) is 0 Å². The third kappa shape index (κ3) is 4.40. The molecule has 0 amide bonds. The topological polar surface area (TPSA) is 83.6 Å². The normalized spacial score (nSPS) is 21.9. The first-order valence-electron chi connectivity index (χ1n) is 8.53. The maximum Gasteiger partial charge on any atom is 0.271 e. The van der Waals surface area contributed by atoms with Crippen molar-refractivity contribution in [3.05, 3.63) is 40.2 Å². The number of anilines is 1. The van der Waals surface area contributed by atoms with Gasteiger partial charge >= 0.3 is 0 Å². The minimum atomic E-state index is -3.70. The summed E-state index contributed by atoms with van der Waals surface area (Å²) in [6, 6.07) is 8.93. The van der Waals surface area contributed by atoms with E-state index in [9.17, 15) is 16.8 Å². The van der Waals surface area contributed by atoms with Gasteiger partial charge in [0.2, 0.25) is 10.0 Å². The van der Waals surface area contributed by atoms with Crippen LogP contribution in [0.3, 0.4) is 0 Å². The summed E-state index contributed by atoms with van der Waals surface area (Å²) in [5, 5.41) is 0. The highest BCUT2D eigenvalue weighted by molar-refractivity contribution is 9.11. The molecule has 0 bridgehead atoms. The van der Waals surface area contributed by atoms with E-state index in [1.807, 2.05) is 13.8 Å². The van der Waals surface area contributed by atoms with E-state index >= 15 is 0 Å². The van der Waals surface area contributed by atoms with Crippen LogP contribution in [-0.2, 0) is 20.0 Å². The molecule has 1 aromatic carbocycles. The fourth-order valence-corrected chi connectivity index (χ4v) is 8.29. The first kappa shape index (κ1) is 20.8. The minimum absolute atomic E-state index is 0.0470. The Balaban J connectivity index is 1.83. The second-order valence-corrected chi connectivity index (χ2v) is 12.9. The Morgan fingerprint density at radius 2 is 1.59 bits per heavy atom. The van der Waals surface area contributed by atoms with Crippen molar-refractivity contribution in [2.75, 3.05) is 4.72 Å². The molecule has 148 valence electrons. The molecule has 0 spiro atoms. The zero-order chi connectivity index (χ0) is 19.8. The SMILES string of the molecule is CC1CCCC(C)N1S(=O)(=O)c1ccc(NS(=O)(=O)c2ccc(Br)s2)cc1. The van der Waals surface area contributed by atoms with Gasteiger partial charge in [0, 0.05) is 17.8 Å². The Bertz CT molecular complexity index is 1010. The van der Waals surface area contributed by atoms with Crippen molar-refractivity contribution < 1.29 is 16.8 Å².